The molecule has 2 N–H and O–H groups in total. The number of nitrogens with zero attached hydrogens (tertiary/aromatic N) is 2. The predicted molar refractivity (Wildman–Crippen MR) is 137 cm³/mol. The molecule has 6 nitrogen and oxygen atoms in total. The molecular weight excluding hydrogens is 511 g/mol. The maximum atomic E-state index is 14.6. The van der Waals surface area contributed by atoms with Gasteiger partial charge < -0.3 is 20.3 Å². The largest absolute Gasteiger partial charge is 0.377 e. The fourth-order valence-electron chi connectivity index (χ4n) is 4.26. The standard InChI is InChI=1S/C26H23Cl2F2N3O3/c1-32(26(35)24-18(28)4-3-5-19(24)29)21-9-7-14(16-10-15(25(31)34)6-8-17(16)27)11-22(21)33-12-20(30)23(13-33)36-2/h3-11,20,23H,12-13H2,1-2H3,(H2,31,34)/t20-,23-/m1/s1. The number of methoxy groups -OCH3 is 1. The summed E-state index contributed by atoms with van der Waals surface area (Å²) in [6.07, 6.45) is -1.92. The second-order valence-electron chi connectivity index (χ2n) is 8.42. The van der Waals surface area contributed by atoms with Crippen molar-refractivity contribution in [2.45, 2.75) is 12.3 Å². The molecule has 0 radical (unpaired) electrons. The average molecular weight is 534 g/mol. The zero-order valence-electron chi connectivity index (χ0n) is 19.5. The van der Waals surface area contributed by atoms with Gasteiger partial charge in [0.15, 0.2) is 0 Å². The third kappa shape index (κ3) is 4.89. The highest BCUT2D eigenvalue weighted by Crippen LogP contribution is 2.39. The molecule has 36 heavy (non-hydrogen) atoms. The van der Waals surface area contributed by atoms with E-state index in [-0.39, 0.29) is 29.2 Å². The van der Waals surface area contributed by atoms with E-state index in [4.69, 9.17) is 33.7 Å². The van der Waals surface area contributed by atoms with Crippen molar-refractivity contribution in [1.29, 1.82) is 0 Å². The van der Waals surface area contributed by atoms with Gasteiger partial charge in [-0.15, -0.1) is 0 Å². The minimum atomic E-state index is -1.25. The van der Waals surface area contributed by atoms with Crippen LogP contribution in [0, 0.1) is 5.82 Å². The number of nitrogens with two attached hydrogens (primary N) is 1. The second kappa shape index (κ2) is 10.4. The molecule has 10 heteroatoms. The van der Waals surface area contributed by atoms with E-state index in [2.05, 4.69) is 0 Å². The number of hydrogen-bond donors (Lipinski definition) is 1. The van der Waals surface area contributed by atoms with Crippen molar-refractivity contribution in [3.8, 4) is 11.1 Å². The van der Waals surface area contributed by atoms with Crippen molar-refractivity contribution < 1.29 is 23.1 Å². The number of anilines is 2. The van der Waals surface area contributed by atoms with Crippen LogP contribution in [0.3, 0.4) is 0 Å². The summed E-state index contributed by atoms with van der Waals surface area (Å²) >= 11 is 12.5. The summed E-state index contributed by atoms with van der Waals surface area (Å²) in [5.41, 5.74) is 7.47. The first kappa shape index (κ1) is 25.9. The van der Waals surface area contributed by atoms with E-state index in [0.717, 1.165) is 6.07 Å². The van der Waals surface area contributed by atoms with Gasteiger partial charge in [0, 0.05) is 36.9 Å². The summed E-state index contributed by atoms with van der Waals surface area (Å²) in [4.78, 5) is 28.0. The molecule has 188 valence electrons. The second-order valence-corrected chi connectivity index (χ2v) is 9.23. The van der Waals surface area contributed by atoms with Crippen molar-refractivity contribution in [2.24, 2.45) is 5.73 Å². The van der Waals surface area contributed by atoms with Gasteiger partial charge in [0.25, 0.3) is 5.91 Å². The van der Waals surface area contributed by atoms with E-state index in [1.54, 1.807) is 35.2 Å². The molecular formula is C26H23Cl2F2N3O3. The molecule has 1 aliphatic heterocycles. The molecule has 1 saturated heterocycles. The molecule has 3 aromatic carbocycles. The number of benzene rings is 3. The minimum Gasteiger partial charge on any atom is -0.377 e. The molecule has 0 aromatic heterocycles. The number of hydrogen-bond acceptors (Lipinski definition) is 4. The van der Waals surface area contributed by atoms with Gasteiger partial charge in [-0.05, 0) is 48.0 Å². The topological polar surface area (TPSA) is 75.9 Å². The lowest BCUT2D eigenvalue weighted by Crippen LogP contribution is -2.31. The number of halogens is 4. The molecule has 2 amide bonds. The van der Waals surface area contributed by atoms with Crippen LogP contribution in [0.1, 0.15) is 20.7 Å². The summed E-state index contributed by atoms with van der Waals surface area (Å²) in [7, 11) is 2.92. The molecule has 3 aromatic rings. The maximum absolute atomic E-state index is 14.6. The molecule has 0 spiro atoms. The summed E-state index contributed by atoms with van der Waals surface area (Å²) in [5.74, 6) is -2.03. The minimum absolute atomic E-state index is 0.0203. The number of carbonyl (C=O) groups is 2. The number of ether oxygens (including phenoxy) is 1. The van der Waals surface area contributed by atoms with E-state index in [1.807, 2.05) is 0 Å². The monoisotopic (exact) mass is 533 g/mol. The Morgan fingerprint density at radius 1 is 1.08 bits per heavy atom. The van der Waals surface area contributed by atoms with Gasteiger partial charge >= 0.3 is 0 Å². The van der Waals surface area contributed by atoms with Crippen LogP contribution in [0.25, 0.3) is 11.1 Å². The van der Waals surface area contributed by atoms with Crippen LogP contribution >= 0.6 is 23.2 Å². The number of alkyl halides is 1. The van der Waals surface area contributed by atoms with Crippen LogP contribution < -0.4 is 15.5 Å². The SMILES string of the molecule is CO[C@@H]1CN(c2cc(-c3cc(C(N)=O)ccc3Cl)ccc2N(C)C(=O)c2c(F)cccc2Cl)C[C@H]1F. The Hall–Kier alpha value is -3.20. The van der Waals surface area contributed by atoms with Crippen molar-refractivity contribution in [2.75, 3.05) is 37.0 Å². The number of carbonyl (C=O) groups excluding carboxylic acids is 2. The Labute approximate surface area is 217 Å². The van der Waals surface area contributed by atoms with Crippen molar-refractivity contribution in [3.05, 3.63) is 81.6 Å². The first-order chi connectivity index (χ1) is 17.1. The average Bonchev–Trinajstić information content (AvgIpc) is 3.23. The molecule has 1 fully saturated rings. The van der Waals surface area contributed by atoms with E-state index in [1.165, 1.54) is 37.3 Å². The zero-order valence-corrected chi connectivity index (χ0v) is 21.0. The summed E-state index contributed by atoms with van der Waals surface area (Å²) in [5, 5.41) is 0.352. The van der Waals surface area contributed by atoms with E-state index >= 15 is 0 Å². The lowest BCUT2D eigenvalue weighted by molar-refractivity contribution is 0.0650. The van der Waals surface area contributed by atoms with Crippen molar-refractivity contribution >= 4 is 46.4 Å². The molecule has 2 atom stereocenters. The Bertz CT molecular complexity index is 1320. The van der Waals surface area contributed by atoms with Gasteiger partial charge in [0.2, 0.25) is 5.91 Å². The molecule has 1 heterocycles. The maximum Gasteiger partial charge on any atom is 0.262 e. The van der Waals surface area contributed by atoms with Crippen molar-refractivity contribution in [1.82, 2.24) is 0 Å². The van der Waals surface area contributed by atoms with Crippen LogP contribution in [0.4, 0.5) is 20.2 Å². The van der Waals surface area contributed by atoms with Gasteiger partial charge in [-0.1, -0.05) is 35.3 Å². The highest BCUT2D eigenvalue weighted by molar-refractivity contribution is 6.35. The van der Waals surface area contributed by atoms with Gasteiger partial charge in [0.05, 0.1) is 28.5 Å². The summed E-state index contributed by atoms with van der Waals surface area (Å²) in [6, 6.07) is 13.7. The van der Waals surface area contributed by atoms with Crippen LogP contribution in [0.5, 0.6) is 0 Å². The summed E-state index contributed by atoms with van der Waals surface area (Å²) in [6.45, 7) is 0.248. The third-order valence-corrected chi connectivity index (χ3v) is 6.87. The molecule has 1 aliphatic rings. The highest BCUT2D eigenvalue weighted by atomic mass is 35.5. The molecule has 0 bridgehead atoms. The quantitative estimate of drug-likeness (QED) is 0.463. The highest BCUT2D eigenvalue weighted by Gasteiger charge is 2.35. The molecule has 0 unspecified atom stereocenters. The van der Waals surface area contributed by atoms with Crippen LogP contribution in [-0.4, -0.2) is 51.3 Å². The zero-order chi connectivity index (χ0) is 26.1. The van der Waals surface area contributed by atoms with E-state index in [0.29, 0.717) is 27.5 Å². The van der Waals surface area contributed by atoms with Gasteiger partial charge in [-0.3, -0.25) is 9.59 Å². The molecule has 0 saturated carbocycles. The molecule has 4 rings (SSSR count). The van der Waals surface area contributed by atoms with Gasteiger partial charge in [0.1, 0.15) is 18.1 Å². The summed E-state index contributed by atoms with van der Waals surface area (Å²) < 4.78 is 34.4. The number of primary amides is 1. The Morgan fingerprint density at radius 3 is 2.47 bits per heavy atom. The Kier molecular flexibility index (Phi) is 7.49. The van der Waals surface area contributed by atoms with E-state index in [9.17, 15) is 18.4 Å². The van der Waals surface area contributed by atoms with Gasteiger partial charge in [-0.2, -0.15) is 0 Å². The third-order valence-electron chi connectivity index (χ3n) is 6.22. The Balaban J connectivity index is 1.83. The smallest absolute Gasteiger partial charge is 0.262 e. The van der Waals surface area contributed by atoms with Gasteiger partial charge in [-0.25, -0.2) is 8.78 Å². The lowest BCUT2D eigenvalue weighted by atomic mass is 10.0. The van der Waals surface area contributed by atoms with Crippen LogP contribution in [-0.2, 0) is 4.74 Å². The Morgan fingerprint density at radius 2 is 1.83 bits per heavy atom. The first-order valence-corrected chi connectivity index (χ1v) is 11.8. The van der Waals surface area contributed by atoms with Crippen LogP contribution in [0.2, 0.25) is 10.0 Å². The molecule has 0 aliphatic carbocycles. The fourth-order valence-corrected chi connectivity index (χ4v) is 4.73. The van der Waals surface area contributed by atoms with E-state index < -0.39 is 29.9 Å². The van der Waals surface area contributed by atoms with Crippen LogP contribution in [0.15, 0.2) is 54.6 Å². The number of rotatable bonds is 6. The van der Waals surface area contributed by atoms with Crippen molar-refractivity contribution in [3.63, 3.8) is 0 Å². The number of amides is 2. The lowest BCUT2D eigenvalue weighted by Gasteiger charge is -2.28. The normalized spacial score (nSPS) is 17.3. The fraction of sp³-hybridized carbons (Fsp3) is 0.231. The predicted octanol–water partition coefficient (Wildman–Crippen LogP) is 5.35. The first-order valence-electron chi connectivity index (χ1n) is 11.0.